The van der Waals surface area contributed by atoms with E-state index in [1.54, 1.807) is 0 Å². The number of rotatable bonds is 2. The highest BCUT2D eigenvalue weighted by atomic mass is 16.2. The van der Waals surface area contributed by atoms with Gasteiger partial charge in [0.15, 0.2) is 0 Å². The summed E-state index contributed by atoms with van der Waals surface area (Å²) in [6.45, 7) is 8.95. The maximum absolute atomic E-state index is 11.5. The summed E-state index contributed by atoms with van der Waals surface area (Å²) in [5, 5.41) is 2.84. The Kier molecular flexibility index (Phi) is 3.17. The van der Waals surface area contributed by atoms with Crippen LogP contribution >= 0.6 is 0 Å². The first-order valence-corrected chi connectivity index (χ1v) is 5.14. The highest BCUT2D eigenvalue weighted by Gasteiger charge is 2.34. The number of carbonyl (C=O) groups excluding carboxylic acids is 1. The lowest BCUT2D eigenvalue weighted by atomic mass is 9.87. The van der Waals surface area contributed by atoms with E-state index in [9.17, 15) is 4.79 Å². The maximum Gasteiger partial charge on any atom is 0.317 e. The van der Waals surface area contributed by atoms with Crippen LogP contribution in [0.25, 0.3) is 0 Å². The molecule has 76 valence electrons. The van der Waals surface area contributed by atoms with Crippen molar-refractivity contribution in [1.29, 1.82) is 0 Å². The number of hydrogen-bond donors (Lipinski definition) is 1. The summed E-state index contributed by atoms with van der Waals surface area (Å²) in [5.41, 5.74) is 0.352. The third-order valence-electron chi connectivity index (χ3n) is 3.03. The molecule has 1 saturated heterocycles. The van der Waals surface area contributed by atoms with Crippen molar-refractivity contribution in [3.8, 4) is 0 Å². The van der Waals surface area contributed by atoms with Crippen molar-refractivity contribution in [2.75, 3.05) is 19.6 Å². The Balaban J connectivity index is 2.45. The van der Waals surface area contributed by atoms with Gasteiger partial charge in [-0.15, -0.1) is 0 Å². The van der Waals surface area contributed by atoms with E-state index in [1.807, 2.05) is 11.8 Å². The molecule has 1 N–H and O–H groups in total. The molecule has 2 amide bonds. The number of amides is 2. The van der Waals surface area contributed by atoms with Gasteiger partial charge in [0.1, 0.15) is 0 Å². The average Bonchev–Trinajstić information content (AvgIpc) is 2.50. The fourth-order valence-electron chi connectivity index (χ4n) is 1.75. The van der Waals surface area contributed by atoms with Crippen LogP contribution in [0.4, 0.5) is 4.79 Å². The van der Waals surface area contributed by atoms with Crippen LogP contribution in [-0.2, 0) is 0 Å². The standard InChI is InChI=1S/C10H20N2O/c1-4-10(3)6-7-12(8-10)9(13)11-5-2/h4-8H2,1-3H3,(H,11,13). The average molecular weight is 184 g/mol. The Morgan fingerprint density at radius 1 is 1.54 bits per heavy atom. The van der Waals surface area contributed by atoms with Crippen LogP contribution in [0.1, 0.15) is 33.6 Å². The molecule has 0 aromatic carbocycles. The number of nitrogens with zero attached hydrogens (tertiary/aromatic N) is 1. The topological polar surface area (TPSA) is 32.3 Å². The zero-order chi connectivity index (χ0) is 9.90. The van der Waals surface area contributed by atoms with Gasteiger partial charge in [0.05, 0.1) is 0 Å². The molecule has 13 heavy (non-hydrogen) atoms. The highest BCUT2D eigenvalue weighted by Crippen LogP contribution is 2.32. The lowest BCUT2D eigenvalue weighted by Crippen LogP contribution is -2.39. The number of likely N-dealkylation sites (tertiary alicyclic amines) is 1. The number of nitrogens with one attached hydrogen (secondary N) is 1. The molecule has 1 aliphatic rings. The molecule has 1 atom stereocenters. The van der Waals surface area contributed by atoms with Crippen molar-refractivity contribution < 1.29 is 4.79 Å². The minimum Gasteiger partial charge on any atom is -0.338 e. The van der Waals surface area contributed by atoms with Crippen molar-refractivity contribution in [1.82, 2.24) is 10.2 Å². The summed E-state index contributed by atoms with van der Waals surface area (Å²) < 4.78 is 0. The van der Waals surface area contributed by atoms with Gasteiger partial charge in [0.2, 0.25) is 0 Å². The SMILES string of the molecule is CCNC(=O)N1CCC(C)(CC)C1. The zero-order valence-corrected chi connectivity index (χ0v) is 8.89. The van der Waals surface area contributed by atoms with Gasteiger partial charge in [0, 0.05) is 19.6 Å². The molecule has 1 rings (SSSR count). The molecule has 0 bridgehead atoms. The molecular weight excluding hydrogens is 164 g/mol. The third kappa shape index (κ3) is 2.36. The van der Waals surface area contributed by atoms with Crippen LogP contribution in [-0.4, -0.2) is 30.6 Å². The Bertz CT molecular complexity index is 193. The molecule has 1 heterocycles. The monoisotopic (exact) mass is 184 g/mol. The highest BCUT2D eigenvalue weighted by molar-refractivity contribution is 5.74. The molecule has 1 fully saturated rings. The smallest absolute Gasteiger partial charge is 0.317 e. The summed E-state index contributed by atoms with van der Waals surface area (Å²) in [5.74, 6) is 0. The molecule has 0 aliphatic carbocycles. The van der Waals surface area contributed by atoms with E-state index in [1.165, 1.54) is 0 Å². The van der Waals surface area contributed by atoms with E-state index in [0.717, 1.165) is 32.5 Å². The van der Waals surface area contributed by atoms with E-state index in [2.05, 4.69) is 19.2 Å². The van der Waals surface area contributed by atoms with E-state index in [-0.39, 0.29) is 6.03 Å². The molecule has 3 nitrogen and oxygen atoms in total. The van der Waals surface area contributed by atoms with Crippen molar-refractivity contribution in [2.24, 2.45) is 5.41 Å². The van der Waals surface area contributed by atoms with Crippen LogP contribution in [0.15, 0.2) is 0 Å². The van der Waals surface area contributed by atoms with Gasteiger partial charge in [0.25, 0.3) is 0 Å². The molecule has 1 unspecified atom stereocenters. The second kappa shape index (κ2) is 3.99. The first-order valence-electron chi connectivity index (χ1n) is 5.14. The van der Waals surface area contributed by atoms with Crippen molar-refractivity contribution >= 4 is 6.03 Å². The van der Waals surface area contributed by atoms with Gasteiger partial charge < -0.3 is 10.2 Å². The Hall–Kier alpha value is -0.730. The van der Waals surface area contributed by atoms with Crippen LogP contribution in [0, 0.1) is 5.41 Å². The van der Waals surface area contributed by atoms with Gasteiger partial charge in [-0.2, -0.15) is 0 Å². The first-order chi connectivity index (χ1) is 6.11. The van der Waals surface area contributed by atoms with Gasteiger partial charge in [-0.3, -0.25) is 0 Å². The fraction of sp³-hybridized carbons (Fsp3) is 0.900. The zero-order valence-electron chi connectivity index (χ0n) is 8.89. The Morgan fingerprint density at radius 3 is 2.69 bits per heavy atom. The first kappa shape index (κ1) is 10.4. The minimum atomic E-state index is 0.0969. The van der Waals surface area contributed by atoms with Crippen molar-refractivity contribution in [3.63, 3.8) is 0 Å². The molecule has 0 spiro atoms. The Labute approximate surface area is 80.5 Å². The van der Waals surface area contributed by atoms with Gasteiger partial charge >= 0.3 is 6.03 Å². The fourth-order valence-corrected chi connectivity index (χ4v) is 1.75. The van der Waals surface area contributed by atoms with Crippen LogP contribution in [0.3, 0.4) is 0 Å². The van der Waals surface area contributed by atoms with E-state index in [4.69, 9.17) is 0 Å². The molecule has 3 heteroatoms. The summed E-state index contributed by atoms with van der Waals surface area (Å²) in [6.07, 6.45) is 2.30. The minimum absolute atomic E-state index is 0.0969. The van der Waals surface area contributed by atoms with Crippen molar-refractivity contribution in [2.45, 2.75) is 33.6 Å². The number of urea groups is 1. The van der Waals surface area contributed by atoms with Gasteiger partial charge in [-0.1, -0.05) is 13.8 Å². The summed E-state index contributed by atoms with van der Waals surface area (Å²) >= 11 is 0. The molecule has 0 aromatic heterocycles. The molecule has 0 aromatic rings. The van der Waals surface area contributed by atoms with E-state index in [0.29, 0.717) is 5.41 Å². The van der Waals surface area contributed by atoms with Crippen LogP contribution in [0.5, 0.6) is 0 Å². The quantitative estimate of drug-likeness (QED) is 0.697. The summed E-state index contributed by atoms with van der Waals surface area (Å²) in [7, 11) is 0. The predicted molar refractivity (Wildman–Crippen MR) is 53.7 cm³/mol. The van der Waals surface area contributed by atoms with Crippen LogP contribution < -0.4 is 5.32 Å². The molecule has 0 radical (unpaired) electrons. The Morgan fingerprint density at radius 2 is 2.23 bits per heavy atom. The second-order valence-electron chi connectivity index (χ2n) is 4.17. The largest absolute Gasteiger partial charge is 0.338 e. The summed E-state index contributed by atoms with van der Waals surface area (Å²) in [4.78, 5) is 13.4. The van der Waals surface area contributed by atoms with E-state index >= 15 is 0 Å². The number of carbonyl (C=O) groups is 1. The summed E-state index contributed by atoms with van der Waals surface area (Å²) in [6, 6.07) is 0.0969. The molecule has 1 aliphatic heterocycles. The lowest BCUT2D eigenvalue weighted by molar-refractivity contribution is 0.201. The third-order valence-corrected chi connectivity index (χ3v) is 3.03. The lowest BCUT2D eigenvalue weighted by Gasteiger charge is -2.22. The maximum atomic E-state index is 11.5. The van der Waals surface area contributed by atoms with Gasteiger partial charge in [-0.05, 0) is 25.2 Å². The normalized spacial score (nSPS) is 27.8. The van der Waals surface area contributed by atoms with Gasteiger partial charge in [-0.25, -0.2) is 4.79 Å². The van der Waals surface area contributed by atoms with E-state index < -0.39 is 0 Å². The van der Waals surface area contributed by atoms with Crippen molar-refractivity contribution in [3.05, 3.63) is 0 Å². The number of hydrogen-bond acceptors (Lipinski definition) is 1. The predicted octanol–water partition coefficient (Wildman–Crippen LogP) is 1.84. The van der Waals surface area contributed by atoms with Crippen LogP contribution in [0.2, 0.25) is 0 Å². The second-order valence-corrected chi connectivity index (χ2v) is 4.17. The molecular formula is C10H20N2O. The molecule has 0 saturated carbocycles.